The van der Waals surface area contributed by atoms with Gasteiger partial charge in [0.2, 0.25) is 0 Å². The van der Waals surface area contributed by atoms with Gasteiger partial charge in [-0.25, -0.2) is 9.97 Å². The van der Waals surface area contributed by atoms with E-state index >= 15 is 0 Å². The van der Waals surface area contributed by atoms with Crippen molar-refractivity contribution in [3.8, 4) is 5.75 Å². The third-order valence-electron chi connectivity index (χ3n) is 5.31. The van der Waals surface area contributed by atoms with Gasteiger partial charge < -0.3 is 20.3 Å². The van der Waals surface area contributed by atoms with E-state index in [1.807, 2.05) is 54.4 Å². The second-order valence-electron chi connectivity index (χ2n) is 7.14. The molecular formula is C23H25N5O2. The number of likely N-dealkylation sites (tertiary alicyclic amines) is 1. The minimum absolute atomic E-state index is 0.0254. The summed E-state index contributed by atoms with van der Waals surface area (Å²) < 4.78 is 5.29. The zero-order chi connectivity index (χ0) is 20.9. The van der Waals surface area contributed by atoms with Gasteiger partial charge in [-0.15, -0.1) is 0 Å². The molecule has 1 fully saturated rings. The number of pyridine rings is 2. The van der Waals surface area contributed by atoms with E-state index < -0.39 is 0 Å². The molecule has 1 aliphatic rings. The Labute approximate surface area is 176 Å². The van der Waals surface area contributed by atoms with Crippen LogP contribution in [0.25, 0.3) is 0 Å². The normalized spacial score (nSPS) is 15.7. The fraction of sp³-hybridized carbons (Fsp3) is 0.261. The van der Waals surface area contributed by atoms with Crippen molar-refractivity contribution >= 4 is 23.2 Å². The summed E-state index contributed by atoms with van der Waals surface area (Å²) in [4.78, 5) is 24.2. The van der Waals surface area contributed by atoms with E-state index in [1.165, 1.54) is 0 Å². The molecule has 2 N–H and O–H groups in total. The molecule has 0 bridgehead atoms. The van der Waals surface area contributed by atoms with Crippen molar-refractivity contribution in [2.75, 3.05) is 31.3 Å². The van der Waals surface area contributed by atoms with Crippen LogP contribution >= 0.6 is 0 Å². The topological polar surface area (TPSA) is 79.4 Å². The highest BCUT2D eigenvalue weighted by molar-refractivity contribution is 5.99. The predicted molar refractivity (Wildman–Crippen MR) is 117 cm³/mol. The maximum Gasteiger partial charge on any atom is 0.258 e. The van der Waals surface area contributed by atoms with Crippen LogP contribution in [0.2, 0.25) is 0 Å². The predicted octanol–water partition coefficient (Wildman–Crippen LogP) is 4.25. The molecule has 1 saturated heterocycles. The van der Waals surface area contributed by atoms with Gasteiger partial charge in [-0.1, -0.05) is 6.07 Å². The van der Waals surface area contributed by atoms with E-state index in [2.05, 4.69) is 20.6 Å². The van der Waals surface area contributed by atoms with Crippen molar-refractivity contribution in [3.05, 3.63) is 72.1 Å². The quantitative estimate of drug-likeness (QED) is 0.641. The van der Waals surface area contributed by atoms with Crippen LogP contribution < -0.4 is 15.4 Å². The van der Waals surface area contributed by atoms with E-state index in [0.717, 1.165) is 35.7 Å². The smallest absolute Gasteiger partial charge is 0.258 e. The number of carbonyl (C=O) groups excluding carboxylic acids is 1. The van der Waals surface area contributed by atoms with E-state index in [1.54, 1.807) is 25.6 Å². The number of carbonyl (C=O) groups is 1. The molecule has 3 aromatic rings. The number of rotatable bonds is 6. The first kappa shape index (κ1) is 19.7. The molecule has 3 heterocycles. The Bertz CT molecular complexity index is 1040. The molecule has 0 radical (unpaired) electrons. The monoisotopic (exact) mass is 403 g/mol. The van der Waals surface area contributed by atoms with Crippen LogP contribution in [0.3, 0.4) is 0 Å². The first-order valence-electron chi connectivity index (χ1n) is 10.0. The van der Waals surface area contributed by atoms with Crippen molar-refractivity contribution < 1.29 is 9.53 Å². The summed E-state index contributed by atoms with van der Waals surface area (Å²) in [5.41, 5.74) is 2.45. The van der Waals surface area contributed by atoms with Gasteiger partial charge in [-0.05, 0) is 54.8 Å². The average Bonchev–Trinajstić information content (AvgIpc) is 3.29. The molecule has 1 atom stereocenters. The number of nitrogens with one attached hydrogen (secondary N) is 2. The zero-order valence-corrected chi connectivity index (χ0v) is 17.1. The number of nitrogens with zero attached hydrogens (tertiary/aromatic N) is 3. The molecule has 0 aliphatic carbocycles. The molecule has 4 rings (SSSR count). The number of anilines is 3. The number of amides is 1. The molecule has 154 valence electrons. The zero-order valence-electron chi connectivity index (χ0n) is 17.1. The fourth-order valence-corrected chi connectivity index (χ4v) is 3.82. The van der Waals surface area contributed by atoms with E-state index in [4.69, 9.17) is 4.74 Å². The second-order valence-corrected chi connectivity index (χ2v) is 7.14. The molecule has 1 aromatic carbocycles. The van der Waals surface area contributed by atoms with E-state index in [9.17, 15) is 4.79 Å². The van der Waals surface area contributed by atoms with E-state index in [0.29, 0.717) is 17.9 Å². The summed E-state index contributed by atoms with van der Waals surface area (Å²) >= 11 is 0. The molecule has 1 amide bonds. The lowest BCUT2D eigenvalue weighted by Crippen LogP contribution is -2.31. The SMILES string of the molecule is CNc1cc([C@@H]2CCCN2C(=O)c2cccnc2Nc2cccc(OC)c2)ccn1. The van der Waals surface area contributed by atoms with Crippen LogP contribution in [0.1, 0.15) is 34.8 Å². The van der Waals surface area contributed by atoms with Gasteiger partial charge in [0.05, 0.1) is 18.7 Å². The first-order chi connectivity index (χ1) is 14.7. The third-order valence-corrected chi connectivity index (χ3v) is 5.31. The largest absolute Gasteiger partial charge is 0.497 e. The van der Waals surface area contributed by atoms with Gasteiger partial charge in [-0.2, -0.15) is 0 Å². The minimum Gasteiger partial charge on any atom is -0.497 e. The fourth-order valence-electron chi connectivity index (χ4n) is 3.82. The lowest BCUT2D eigenvalue weighted by atomic mass is 10.0. The van der Waals surface area contributed by atoms with Crippen molar-refractivity contribution in [2.24, 2.45) is 0 Å². The van der Waals surface area contributed by atoms with Crippen LogP contribution in [0.5, 0.6) is 5.75 Å². The molecule has 1 aliphatic heterocycles. The van der Waals surface area contributed by atoms with Gasteiger partial charge in [-0.3, -0.25) is 4.79 Å². The Hall–Kier alpha value is -3.61. The molecular weight excluding hydrogens is 378 g/mol. The average molecular weight is 403 g/mol. The van der Waals surface area contributed by atoms with Crippen LogP contribution in [0.15, 0.2) is 60.9 Å². The summed E-state index contributed by atoms with van der Waals surface area (Å²) in [6, 6.07) is 15.2. The highest BCUT2D eigenvalue weighted by Crippen LogP contribution is 2.35. The minimum atomic E-state index is -0.0289. The van der Waals surface area contributed by atoms with Gasteiger partial charge in [0.25, 0.3) is 5.91 Å². The third kappa shape index (κ3) is 4.05. The number of hydrogen-bond donors (Lipinski definition) is 2. The van der Waals surface area contributed by atoms with Crippen molar-refractivity contribution in [1.82, 2.24) is 14.9 Å². The number of hydrogen-bond acceptors (Lipinski definition) is 6. The van der Waals surface area contributed by atoms with Gasteiger partial charge in [0, 0.05) is 37.7 Å². The Morgan fingerprint density at radius 1 is 1.13 bits per heavy atom. The van der Waals surface area contributed by atoms with Gasteiger partial charge in [0.1, 0.15) is 17.4 Å². The Morgan fingerprint density at radius 3 is 2.87 bits per heavy atom. The number of benzene rings is 1. The van der Waals surface area contributed by atoms with Crippen molar-refractivity contribution in [3.63, 3.8) is 0 Å². The highest BCUT2D eigenvalue weighted by atomic mass is 16.5. The van der Waals surface area contributed by atoms with Crippen LogP contribution in [0.4, 0.5) is 17.3 Å². The van der Waals surface area contributed by atoms with Crippen LogP contribution in [-0.2, 0) is 0 Å². The standard InChI is InChI=1S/C23H25N5O2/c1-24-21-14-16(10-12-25-21)20-9-5-13-28(20)23(29)19-8-4-11-26-22(19)27-17-6-3-7-18(15-17)30-2/h3-4,6-8,10-12,14-15,20H,5,9,13H2,1-2H3,(H,24,25)(H,26,27)/t20-/m0/s1. The molecule has 7 heteroatoms. The summed E-state index contributed by atoms with van der Waals surface area (Å²) in [6.07, 6.45) is 5.36. The second kappa shape index (κ2) is 8.82. The Balaban J connectivity index is 1.61. The summed E-state index contributed by atoms with van der Waals surface area (Å²) in [6.45, 7) is 0.716. The summed E-state index contributed by atoms with van der Waals surface area (Å²) in [5, 5.41) is 6.33. The van der Waals surface area contributed by atoms with Crippen LogP contribution in [-0.4, -0.2) is 41.5 Å². The molecule has 0 saturated carbocycles. The number of ether oxygens (including phenoxy) is 1. The number of methoxy groups -OCH3 is 1. The Kier molecular flexibility index (Phi) is 5.79. The first-order valence-corrected chi connectivity index (χ1v) is 10.0. The van der Waals surface area contributed by atoms with E-state index in [-0.39, 0.29) is 11.9 Å². The van der Waals surface area contributed by atoms with Crippen molar-refractivity contribution in [1.29, 1.82) is 0 Å². The molecule has 0 spiro atoms. The van der Waals surface area contributed by atoms with Gasteiger partial charge >= 0.3 is 0 Å². The van der Waals surface area contributed by atoms with Gasteiger partial charge in [0.15, 0.2) is 0 Å². The molecule has 2 aromatic heterocycles. The van der Waals surface area contributed by atoms with Crippen LogP contribution in [0, 0.1) is 0 Å². The molecule has 7 nitrogen and oxygen atoms in total. The summed E-state index contributed by atoms with van der Waals surface area (Å²) in [7, 11) is 3.47. The maximum absolute atomic E-state index is 13.5. The molecule has 30 heavy (non-hydrogen) atoms. The van der Waals surface area contributed by atoms with Crippen molar-refractivity contribution in [2.45, 2.75) is 18.9 Å². The maximum atomic E-state index is 13.5. The Morgan fingerprint density at radius 2 is 2.03 bits per heavy atom. The number of aromatic nitrogens is 2. The lowest BCUT2D eigenvalue weighted by molar-refractivity contribution is 0.0736. The summed E-state index contributed by atoms with van der Waals surface area (Å²) in [5.74, 6) is 2.04. The lowest BCUT2D eigenvalue weighted by Gasteiger charge is -2.26. The molecule has 0 unspecified atom stereocenters. The highest BCUT2D eigenvalue weighted by Gasteiger charge is 2.32.